The minimum atomic E-state index is -4.01. The van der Waals surface area contributed by atoms with Gasteiger partial charge in [-0.3, -0.25) is 13.9 Å². The first-order chi connectivity index (χ1) is 19.7. The molecule has 41 heavy (non-hydrogen) atoms. The number of benzene rings is 3. The smallest absolute Gasteiger partial charge is 0.264 e. The van der Waals surface area contributed by atoms with E-state index in [1.165, 1.54) is 18.3 Å². The van der Waals surface area contributed by atoms with Crippen LogP contribution >= 0.6 is 0 Å². The summed E-state index contributed by atoms with van der Waals surface area (Å²) in [5, 5.41) is 6.78. The van der Waals surface area contributed by atoms with Crippen LogP contribution in [-0.4, -0.2) is 58.9 Å². The molecule has 0 bridgehead atoms. The fourth-order valence-electron chi connectivity index (χ4n) is 4.16. The second-order valence-electron chi connectivity index (χ2n) is 9.75. The van der Waals surface area contributed by atoms with Gasteiger partial charge < -0.3 is 14.8 Å². The minimum absolute atomic E-state index is 0.0706. The highest BCUT2D eigenvalue weighted by Gasteiger charge is 2.27. The van der Waals surface area contributed by atoms with Gasteiger partial charge in [0.2, 0.25) is 0 Å². The standard InChI is InChI=1S/C30H34N4O6S/c1-22-8-14-28(15-9-22)41(37,38)34(25-6-3-5-23(2)17-25)20-29(35)33-32-18-24-10-12-26(13-11-24)40-21-30(36)31-19-27-7-4-16-39-27/h3,5-6,8-15,17-18,27H,4,7,16,19-21H2,1-2H3,(H,31,36)(H,33,35)/b32-18-/t27-/m1/s1. The van der Waals surface area contributed by atoms with Gasteiger partial charge in [0, 0.05) is 13.2 Å². The molecule has 11 heteroatoms. The molecule has 1 fully saturated rings. The predicted octanol–water partition coefficient (Wildman–Crippen LogP) is 3.32. The zero-order chi connectivity index (χ0) is 29.2. The molecular weight excluding hydrogens is 544 g/mol. The fraction of sp³-hybridized carbons (Fsp3) is 0.300. The van der Waals surface area contributed by atoms with E-state index in [0.29, 0.717) is 23.5 Å². The third-order valence-electron chi connectivity index (χ3n) is 6.39. The van der Waals surface area contributed by atoms with E-state index in [1.54, 1.807) is 54.6 Å². The molecule has 10 nitrogen and oxygen atoms in total. The number of nitrogens with zero attached hydrogens (tertiary/aromatic N) is 2. The summed E-state index contributed by atoms with van der Waals surface area (Å²) < 4.78 is 39.0. The molecule has 0 radical (unpaired) electrons. The highest BCUT2D eigenvalue weighted by atomic mass is 32.2. The molecule has 2 amide bonds. The van der Waals surface area contributed by atoms with E-state index < -0.39 is 22.5 Å². The Morgan fingerprint density at radius 1 is 1.02 bits per heavy atom. The van der Waals surface area contributed by atoms with Crippen molar-refractivity contribution in [1.82, 2.24) is 10.7 Å². The van der Waals surface area contributed by atoms with Crippen molar-refractivity contribution in [1.29, 1.82) is 0 Å². The van der Waals surface area contributed by atoms with Gasteiger partial charge in [-0.05, 0) is 86.3 Å². The van der Waals surface area contributed by atoms with Crippen molar-refractivity contribution >= 4 is 33.7 Å². The zero-order valence-electron chi connectivity index (χ0n) is 23.1. The summed E-state index contributed by atoms with van der Waals surface area (Å²) in [7, 11) is -4.01. The number of carbonyl (C=O) groups excluding carboxylic acids is 2. The lowest BCUT2D eigenvalue weighted by molar-refractivity contribution is -0.123. The number of ether oxygens (including phenoxy) is 2. The van der Waals surface area contributed by atoms with Crippen LogP contribution in [0, 0.1) is 13.8 Å². The number of nitrogens with one attached hydrogen (secondary N) is 2. The maximum Gasteiger partial charge on any atom is 0.264 e. The zero-order valence-corrected chi connectivity index (χ0v) is 23.9. The Morgan fingerprint density at radius 3 is 2.46 bits per heavy atom. The van der Waals surface area contributed by atoms with Gasteiger partial charge >= 0.3 is 0 Å². The lowest BCUT2D eigenvalue weighted by atomic mass is 10.2. The predicted molar refractivity (Wildman–Crippen MR) is 157 cm³/mol. The number of aryl methyl sites for hydroxylation is 2. The first-order valence-electron chi connectivity index (χ1n) is 13.3. The molecular formula is C30H34N4O6S. The van der Waals surface area contributed by atoms with Gasteiger partial charge in [0.25, 0.3) is 21.8 Å². The van der Waals surface area contributed by atoms with Gasteiger partial charge in [0.05, 0.1) is 22.9 Å². The largest absolute Gasteiger partial charge is 0.484 e. The van der Waals surface area contributed by atoms with Gasteiger partial charge in [-0.2, -0.15) is 5.10 Å². The molecule has 216 valence electrons. The van der Waals surface area contributed by atoms with Crippen LogP contribution in [0.2, 0.25) is 0 Å². The maximum atomic E-state index is 13.5. The summed E-state index contributed by atoms with van der Waals surface area (Å²) >= 11 is 0. The van der Waals surface area contributed by atoms with Crippen molar-refractivity contribution in [3.05, 3.63) is 89.5 Å². The lowest BCUT2D eigenvalue weighted by Gasteiger charge is -2.24. The Kier molecular flexibility index (Phi) is 10.1. The molecule has 0 aromatic heterocycles. The van der Waals surface area contributed by atoms with Crippen LogP contribution in [0.5, 0.6) is 5.75 Å². The van der Waals surface area contributed by atoms with Crippen molar-refractivity contribution in [2.45, 2.75) is 37.7 Å². The number of hydrogen-bond acceptors (Lipinski definition) is 7. The molecule has 2 N–H and O–H groups in total. The van der Waals surface area contributed by atoms with E-state index in [2.05, 4.69) is 15.8 Å². The molecule has 0 saturated carbocycles. The number of hydrogen-bond donors (Lipinski definition) is 2. The summed E-state index contributed by atoms with van der Waals surface area (Å²) in [6, 6.07) is 20.2. The summed E-state index contributed by atoms with van der Waals surface area (Å²) in [5.41, 5.74) is 5.23. The van der Waals surface area contributed by atoms with Crippen LogP contribution in [0.4, 0.5) is 5.69 Å². The Labute approximate surface area is 240 Å². The second-order valence-corrected chi connectivity index (χ2v) is 11.6. The van der Waals surface area contributed by atoms with Gasteiger partial charge in [0.15, 0.2) is 6.61 Å². The van der Waals surface area contributed by atoms with Crippen LogP contribution < -0.4 is 19.8 Å². The molecule has 0 spiro atoms. The van der Waals surface area contributed by atoms with Gasteiger partial charge in [-0.1, -0.05) is 29.8 Å². The Morgan fingerprint density at radius 2 is 1.78 bits per heavy atom. The number of sulfonamides is 1. The average Bonchev–Trinajstić information content (AvgIpc) is 3.48. The molecule has 1 saturated heterocycles. The van der Waals surface area contributed by atoms with E-state index in [-0.39, 0.29) is 23.5 Å². The number of hydrazone groups is 1. The average molecular weight is 579 g/mol. The molecule has 1 heterocycles. The van der Waals surface area contributed by atoms with Crippen LogP contribution in [0.1, 0.15) is 29.5 Å². The van der Waals surface area contributed by atoms with Crippen LogP contribution in [-0.2, 0) is 24.3 Å². The van der Waals surface area contributed by atoms with E-state index >= 15 is 0 Å². The molecule has 1 aliphatic heterocycles. The third kappa shape index (κ3) is 8.63. The molecule has 4 rings (SSSR count). The molecule has 1 aliphatic rings. The van der Waals surface area contributed by atoms with Gasteiger partial charge in [-0.15, -0.1) is 0 Å². The van der Waals surface area contributed by atoms with Crippen molar-refractivity contribution in [2.75, 3.05) is 30.6 Å². The van der Waals surface area contributed by atoms with Crippen LogP contribution in [0.25, 0.3) is 0 Å². The Bertz CT molecular complexity index is 1470. The van der Waals surface area contributed by atoms with Crippen molar-refractivity contribution in [2.24, 2.45) is 5.10 Å². The topological polar surface area (TPSA) is 126 Å². The maximum absolute atomic E-state index is 13.5. The van der Waals surface area contributed by atoms with E-state index in [4.69, 9.17) is 9.47 Å². The van der Waals surface area contributed by atoms with Crippen LogP contribution in [0.3, 0.4) is 0 Å². The Hall–Kier alpha value is -4.22. The highest BCUT2D eigenvalue weighted by molar-refractivity contribution is 7.92. The number of rotatable bonds is 12. The van der Waals surface area contributed by atoms with E-state index in [9.17, 15) is 18.0 Å². The SMILES string of the molecule is Cc1ccc(S(=O)(=O)N(CC(=O)N/N=C\c2ccc(OCC(=O)NC[C@H]3CCCO3)cc2)c2cccc(C)c2)cc1. The summed E-state index contributed by atoms with van der Waals surface area (Å²) in [4.78, 5) is 24.9. The molecule has 3 aromatic rings. The van der Waals surface area contributed by atoms with E-state index in [0.717, 1.165) is 34.9 Å². The third-order valence-corrected chi connectivity index (χ3v) is 8.18. The van der Waals surface area contributed by atoms with Crippen molar-refractivity contribution < 1.29 is 27.5 Å². The number of amides is 2. The van der Waals surface area contributed by atoms with Crippen molar-refractivity contribution in [3.8, 4) is 5.75 Å². The first kappa shape index (κ1) is 29.8. The number of anilines is 1. The minimum Gasteiger partial charge on any atom is -0.484 e. The van der Waals surface area contributed by atoms with E-state index in [1.807, 2.05) is 19.9 Å². The summed E-state index contributed by atoms with van der Waals surface area (Å²) in [6.07, 6.45) is 3.46. The second kappa shape index (κ2) is 13.9. The normalized spacial score (nSPS) is 15.0. The molecule has 3 aromatic carbocycles. The highest BCUT2D eigenvalue weighted by Crippen LogP contribution is 2.24. The quantitative estimate of drug-likeness (QED) is 0.251. The fourth-order valence-corrected chi connectivity index (χ4v) is 5.58. The lowest BCUT2D eigenvalue weighted by Crippen LogP contribution is -2.39. The Balaban J connectivity index is 1.32. The monoisotopic (exact) mass is 578 g/mol. The summed E-state index contributed by atoms with van der Waals surface area (Å²) in [5.74, 6) is -0.320. The molecule has 1 atom stereocenters. The van der Waals surface area contributed by atoms with Gasteiger partial charge in [0.1, 0.15) is 12.3 Å². The van der Waals surface area contributed by atoms with Gasteiger partial charge in [-0.25, -0.2) is 13.8 Å². The number of carbonyl (C=O) groups is 2. The molecule has 0 unspecified atom stereocenters. The van der Waals surface area contributed by atoms with Crippen LogP contribution in [0.15, 0.2) is 82.8 Å². The summed E-state index contributed by atoms with van der Waals surface area (Å²) in [6.45, 7) is 4.36. The first-order valence-corrected chi connectivity index (χ1v) is 14.7. The molecule has 0 aliphatic carbocycles. The van der Waals surface area contributed by atoms with Crippen molar-refractivity contribution in [3.63, 3.8) is 0 Å².